The molecule has 2 aromatic carbocycles. The Morgan fingerprint density at radius 2 is 1.73 bits per heavy atom. The van der Waals surface area contributed by atoms with Crippen molar-refractivity contribution in [3.63, 3.8) is 0 Å². The van der Waals surface area contributed by atoms with Gasteiger partial charge in [-0.2, -0.15) is 13.2 Å². The molecule has 8 heteroatoms. The summed E-state index contributed by atoms with van der Waals surface area (Å²) < 4.78 is 53.1. The normalized spacial score (nSPS) is 15.6. The zero-order valence-corrected chi connectivity index (χ0v) is 19.0. The van der Waals surface area contributed by atoms with Crippen LogP contribution in [-0.4, -0.2) is 41.0 Å². The summed E-state index contributed by atoms with van der Waals surface area (Å²) in [7, 11) is 0. The van der Waals surface area contributed by atoms with Crippen LogP contribution in [-0.2, 0) is 12.7 Å². The maximum Gasteiger partial charge on any atom is 0.416 e. The molecule has 0 unspecified atom stereocenters. The molecule has 0 atom stereocenters. The summed E-state index contributed by atoms with van der Waals surface area (Å²) in [5.74, 6) is -1.05. The van der Waals surface area contributed by atoms with Gasteiger partial charge in [0.25, 0.3) is 0 Å². The lowest BCUT2D eigenvalue weighted by molar-refractivity contribution is -0.137. The molecule has 2 aromatic rings. The van der Waals surface area contributed by atoms with Crippen LogP contribution in [0.25, 0.3) is 0 Å². The molecular formula is C25H31F4N3O. The maximum atomic E-state index is 13.8. The second kappa shape index (κ2) is 11.0. The molecule has 0 saturated carbocycles. The van der Waals surface area contributed by atoms with Crippen LogP contribution in [0.3, 0.4) is 0 Å². The number of hydrogen-bond acceptors (Lipinski definition) is 2. The number of benzene rings is 2. The Hall–Kier alpha value is -2.61. The quantitative estimate of drug-likeness (QED) is 0.472. The molecule has 0 radical (unpaired) electrons. The fourth-order valence-electron chi connectivity index (χ4n) is 4.54. The predicted molar refractivity (Wildman–Crippen MR) is 121 cm³/mol. The predicted octanol–water partition coefficient (Wildman–Crippen LogP) is 6.53. The molecular weight excluding hydrogens is 434 g/mol. The van der Waals surface area contributed by atoms with E-state index in [1.165, 1.54) is 0 Å². The number of likely N-dealkylation sites (tertiary alicyclic amines) is 1. The summed E-state index contributed by atoms with van der Waals surface area (Å²) >= 11 is 0. The molecule has 1 heterocycles. The van der Waals surface area contributed by atoms with Gasteiger partial charge < -0.3 is 15.1 Å². The van der Waals surface area contributed by atoms with Gasteiger partial charge in [0.15, 0.2) is 0 Å². The molecule has 180 valence electrons. The van der Waals surface area contributed by atoms with Crippen molar-refractivity contribution in [3.8, 4) is 0 Å². The molecule has 1 N–H and O–H groups in total. The van der Waals surface area contributed by atoms with E-state index in [0.717, 1.165) is 56.5 Å². The topological polar surface area (TPSA) is 35.6 Å². The first-order valence-corrected chi connectivity index (χ1v) is 11.4. The van der Waals surface area contributed by atoms with Gasteiger partial charge in [-0.1, -0.05) is 44.2 Å². The van der Waals surface area contributed by atoms with E-state index >= 15 is 0 Å². The van der Waals surface area contributed by atoms with Gasteiger partial charge in [0.05, 0.1) is 5.56 Å². The highest BCUT2D eigenvalue weighted by Gasteiger charge is 2.33. The molecule has 0 spiro atoms. The fourth-order valence-corrected chi connectivity index (χ4v) is 4.54. The minimum Gasteiger partial charge on any atom is -0.317 e. The second-order valence-corrected chi connectivity index (χ2v) is 8.51. The molecule has 1 aliphatic heterocycles. The number of carbonyl (C=O) groups is 1. The van der Waals surface area contributed by atoms with E-state index in [1.807, 2.05) is 30.3 Å². The van der Waals surface area contributed by atoms with Crippen LogP contribution in [0.2, 0.25) is 0 Å². The number of carbonyl (C=O) groups excluding carboxylic acids is 1. The van der Waals surface area contributed by atoms with Gasteiger partial charge in [0.2, 0.25) is 0 Å². The molecule has 1 aliphatic rings. The van der Waals surface area contributed by atoms with E-state index in [2.05, 4.69) is 24.1 Å². The Kier molecular flexibility index (Phi) is 8.35. The molecule has 1 fully saturated rings. The van der Waals surface area contributed by atoms with E-state index in [4.69, 9.17) is 0 Å². The smallest absolute Gasteiger partial charge is 0.317 e. The third kappa shape index (κ3) is 6.69. The number of hydrogen-bond donors (Lipinski definition) is 1. The Morgan fingerprint density at radius 1 is 1.09 bits per heavy atom. The number of amides is 2. The molecule has 3 rings (SSSR count). The number of halogens is 4. The number of rotatable bonds is 7. The number of urea groups is 1. The lowest BCUT2D eigenvalue weighted by Gasteiger charge is -2.41. The summed E-state index contributed by atoms with van der Waals surface area (Å²) in [6.45, 7) is 6.37. The van der Waals surface area contributed by atoms with Crippen molar-refractivity contribution in [2.45, 2.75) is 64.3 Å². The van der Waals surface area contributed by atoms with Crippen molar-refractivity contribution in [2.24, 2.45) is 0 Å². The largest absolute Gasteiger partial charge is 0.416 e. The monoisotopic (exact) mass is 465 g/mol. The van der Waals surface area contributed by atoms with Gasteiger partial charge >= 0.3 is 12.2 Å². The van der Waals surface area contributed by atoms with Gasteiger partial charge in [-0.25, -0.2) is 9.18 Å². The zero-order valence-electron chi connectivity index (χ0n) is 19.0. The standard InChI is InChI=1S/C25H31F4N3O/c1-3-22(4-2)31-12-10-23(11-13-31)32(17-18-8-6-5-7-9-18)24(33)30-21-15-19(25(27,28)29)14-20(26)16-21/h5-9,14-16,22-23H,3-4,10-13,17H2,1-2H3,(H,30,33). The highest BCUT2D eigenvalue weighted by atomic mass is 19.4. The Labute approximate surface area is 192 Å². The minimum absolute atomic E-state index is 0.0635. The van der Waals surface area contributed by atoms with E-state index in [0.29, 0.717) is 18.7 Å². The third-order valence-electron chi connectivity index (χ3n) is 6.33. The van der Waals surface area contributed by atoms with Crippen LogP contribution in [0.1, 0.15) is 50.7 Å². The summed E-state index contributed by atoms with van der Waals surface area (Å²) in [5, 5.41) is 2.50. The van der Waals surface area contributed by atoms with E-state index in [-0.39, 0.29) is 11.7 Å². The van der Waals surface area contributed by atoms with Crippen LogP contribution in [0.5, 0.6) is 0 Å². The highest BCUT2D eigenvalue weighted by molar-refractivity contribution is 5.89. The maximum absolute atomic E-state index is 13.8. The Balaban J connectivity index is 1.79. The van der Waals surface area contributed by atoms with Crippen molar-refractivity contribution in [3.05, 3.63) is 65.5 Å². The highest BCUT2D eigenvalue weighted by Crippen LogP contribution is 2.32. The van der Waals surface area contributed by atoms with Gasteiger partial charge in [0, 0.05) is 37.4 Å². The Bertz CT molecular complexity index is 908. The van der Waals surface area contributed by atoms with Crippen LogP contribution in [0.4, 0.5) is 28.0 Å². The van der Waals surface area contributed by atoms with Crippen LogP contribution >= 0.6 is 0 Å². The number of alkyl halides is 3. The number of anilines is 1. The summed E-state index contributed by atoms with van der Waals surface area (Å²) in [6.07, 6.45) is -1.03. The Morgan fingerprint density at radius 3 is 2.30 bits per heavy atom. The summed E-state index contributed by atoms with van der Waals surface area (Å²) in [6, 6.07) is 11.5. The van der Waals surface area contributed by atoms with E-state index < -0.39 is 23.6 Å². The molecule has 0 aliphatic carbocycles. The number of nitrogens with one attached hydrogen (secondary N) is 1. The minimum atomic E-state index is -4.70. The van der Waals surface area contributed by atoms with Gasteiger partial charge in [-0.15, -0.1) is 0 Å². The molecule has 4 nitrogen and oxygen atoms in total. The van der Waals surface area contributed by atoms with E-state index in [9.17, 15) is 22.4 Å². The summed E-state index contributed by atoms with van der Waals surface area (Å²) in [4.78, 5) is 17.3. The SMILES string of the molecule is CCC(CC)N1CCC(N(Cc2ccccc2)C(=O)Nc2cc(F)cc(C(F)(F)F)c2)CC1. The van der Waals surface area contributed by atoms with Crippen molar-refractivity contribution >= 4 is 11.7 Å². The molecule has 0 bridgehead atoms. The van der Waals surface area contributed by atoms with Crippen LogP contribution < -0.4 is 5.32 Å². The van der Waals surface area contributed by atoms with Crippen LogP contribution in [0, 0.1) is 5.82 Å². The zero-order chi connectivity index (χ0) is 24.0. The molecule has 1 saturated heterocycles. The van der Waals surface area contributed by atoms with Crippen molar-refractivity contribution in [1.29, 1.82) is 0 Å². The molecule has 2 amide bonds. The average molecular weight is 466 g/mol. The van der Waals surface area contributed by atoms with Gasteiger partial charge in [0.1, 0.15) is 5.82 Å². The first kappa shape index (κ1) is 25.0. The first-order chi connectivity index (χ1) is 15.7. The van der Waals surface area contributed by atoms with Crippen molar-refractivity contribution < 1.29 is 22.4 Å². The van der Waals surface area contributed by atoms with Gasteiger partial charge in [-0.05, 0) is 49.4 Å². The van der Waals surface area contributed by atoms with Crippen molar-refractivity contribution in [2.75, 3.05) is 18.4 Å². The average Bonchev–Trinajstić information content (AvgIpc) is 2.78. The third-order valence-corrected chi connectivity index (χ3v) is 6.33. The van der Waals surface area contributed by atoms with E-state index in [1.54, 1.807) is 4.90 Å². The van der Waals surface area contributed by atoms with Crippen LogP contribution in [0.15, 0.2) is 48.5 Å². The fraction of sp³-hybridized carbons (Fsp3) is 0.480. The first-order valence-electron chi connectivity index (χ1n) is 11.4. The lowest BCUT2D eigenvalue weighted by atomic mass is 9.99. The number of piperidine rings is 1. The lowest BCUT2D eigenvalue weighted by Crippen LogP contribution is -2.50. The summed E-state index contributed by atoms with van der Waals surface area (Å²) in [5.41, 5.74) is -0.420. The number of nitrogens with zero attached hydrogens (tertiary/aromatic N) is 2. The molecule has 33 heavy (non-hydrogen) atoms. The van der Waals surface area contributed by atoms with Gasteiger partial charge in [-0.3, -0.25) is 0 Å². The molecule has 0 aromatic heterocycles. The van der Waals surface area contributed by atoms with Crippen molar-refractivity contribution in [1.82, 2.24) is 9.80 Å². The second-order valence-electron chi connectivity index (χ2n) is 8.51.